The molecule has 1 aromatic rings. The standard InChI is InChI=1S/C14H13BrN2O5/c1-3-22-10-6-7(5-9(15)11(10)21-2)4-8-12(18)16-14(20)17-13(8)19/h4-6H,3H2,1-2H3,(H2,16,17,18,19,20). The summed E-state index contributed by atoms with van der Waals surface area (Å²) in [6.45, 7) is 2.25. The first-order valence-electron chi connectivity index (χ1n) is 6.35. The number of hydrogen-bond acceptors (Lipinski definition) is 5. The molecular formula is C14H13BrN2O5. The highest BCUT2D eigenvalue weighted by Crippen LogP contribution is 2.37. The first-order valence-corrected chi connectivity index (χ1v) is 7.14. The molecule has 0 aromatic heterocycles. The second-order valence-corrected chi connectivity index (χ2v) is 5.12. The molecule has 0 spiro atoms. The quantitative estimate of drug-likeness (QED) is 0.621. The zero-order valence-electron chi connectivity index (χ0n) is 11.9. The second-order valence-electron chi connectivity index (χ2n) is 4.26. The van der Waals surface area contributed by atoms with E-state index in [9.17, 15) is 14.4 Å². The predicted molar refractivity (Wildman–Crippen MR) is 81.5 cm³/mol. The zero-order valence-corrected chi connectivity index (χ0v) is 13.4. The van der Waals surface area contributed by atoms with Gasteiger partial charge in [-0.15, -0.1) is 0 Å². The van der Waals surface area contributed by atoms with Crippen molar-refractivity contribution < 1.29 is 23.9 Å². The van der Waals surface area contributed by atoms with E-state index in [4.69, 9.17) is 9.47 Å². The van der Waals surface area contributed by atoms with Gasteiger partial charge in [0.25, 0.3) is 11.8 Å². The minimum Gasteiger partial charge on any atom is -0.492 e. The fourth-order valence-electron chi connectivity index (χ4n) is 1.91. The van der Waals surface area contributed by atoms with Crippen molar-refractivity contribution in [3.63, 3.8) is 0 Å². The topological polar surface area (TPSA) is 93.7 Å². The number of amides is 4. The summed E-state index contributed by atoms with van der Waals surface area (Å²) in [6, 6.07) is 2.47. The van der Waals surface area contributed by atoms with Crippen LogP contribution in [0.25, 0.3) is 6.08 Å². The average molecular weight is 369 g/mol. The first kappa shape index (κ1) is 16.0. The Morgan fingerprint density at radius 1 is 1.18 bits per heavy atom. The van der Waals surface area contributed by atoms with Crippen LogP contribution < -0.4 is 20.1 Å². The van der Waals surface area contributed by atoms with Crippen LogP contribution in [0.4, 0.5) is 4.79 Å². The molecule has 0 atom stereocenters. The lowest BCUT2D eigenvalue weighted by molar-refractivity contribution is -0.123. The van der Waals surface area contributed by atoms with Gasteiger partial charge in [0.2, 0.25) is 0 Å². The number of barbiturate groups is 1. The number of benzene rings is 1. The van der Waals surface area contributed by atoms with E-state index in [0.717, 1.165) is 0 Å². The molecule has 8 heteroatoms. The van der Waals surface area contributed by atoms with Crippen LogP contribution in [0, 0.1) is 0 Å². The summed E-state index contributed by atoms with van der Waals surface area (Å²) in [6.07, 6.45) is 1.36. The molecule has 1 aromatic carbocycles. The third-order valence-corrected chi connectivity index (χ3v) is 3.38. The van der Waals surface area contributed by atoms with Gasteiger partial charge < -0.3 is 9.47 Å². The number of hydrogen-bond donors (Lipinski definition) is 2. The van der Waals surface area contributed by atoms with E-state index in [1.165, 1.54) is 13.2 Å². The number of imide groups is 2. The van der Waals surface area contributed by atoms with Gasteiger partial charge in [0.1, 0.15) is 5.57 Å². The number of rotatable bonds is 4. The minimum atomic E-state index is -0.835. The minimum absolute atomic E-state index is 0.167. The van der Waals surface area contributed by atoms with Crippen molar-refractivity contribution in [2.75, 3.05) is 13.7 Å². The van der Waals surface area contributed by atoms with Crippen LogP contribution in [0.2, 0.25) is 0 Å². The predicted octanol–water partition coefficient (Wildman–Crippen LogP) is 1.61. The van der Waals surface area contributed by atoms with Crippen LogP contribution in [-0.4, -0.2) is 31.6 Å². The van der Waals surface area contributed by atoms with Gasteiger partial charge in [0.05, 0.1) is 18.2 Å². The third-order valence-electron chi connectivity index (χ3n) is 2.79. The number of nitrogens with one attached hydrogen (secondary N) is 2. The Morgan fingerprint density at radius 2 is 1.82 bits per heavy atom. The Bertz CT molecular complexity index is 662. The highest BCUT2D eigenvalue weighted by molar-refractivity contribution is 9.10. The summed E-state index contributed by atoms with van der Waals surface area (Å²) < 4.78 is 11.3. The number of ether oxygens (including phenoxy) is 2. The Balaban J connectivity index is 2.44. The number of carbonyl (C=O) groups excluding carboxylic acids is 3. The lowest BCUT2D eigenvalue weighted by atomic mass is 10.1. The summed E-state index contributed by atoms with van der Waals surface area (Å²) in [5.74, 6) is -0.520. The molecule has 2 rings (SSSR count). The molecule has 1 fully saturated rings. The first-order chi connectivity index (χ1) is 10.5. The van der Waals surface area contributed by atoms with E-state index >= 15 is 0 Å². The van der Waals surface area contributed by atoms with Crippen LogP contribution in [0.15, 0.2) is 22.2 Å². The molecule has 22 heavy (non-hydrogen) atoms. The number of urea groups is 1. The van der Waals surface area contributed by atoms with Gasteiger partial charge in [-0.25, -0.2) is 4.79 Å². The van der Waals surface area contributed by atoms with Crippen LogP contribution in [0.1, 0.15) is 12.5 Å². The Labute approximate surface area is 134 Å². The van der Waals surface area contributed by atoms with Crippen molar-refractivity contribution >= 4 is 39.9 Å². The SMILES string of the molecule is CCOc1cc(C=C2C(=O)NC(=O)NC2=O)cc(Br)c1OC. The fourth-order valence-corrected chi connectivity index (χ4v) is 2.53. The highest BCUT2D eigenvalue weighted by Gasteiger charge is 2.27. The molecule has 116 valence electrons. The van der Waals surface area contributed by atoms with E-state index in [0.29, 0.717) is 28.1 Å². The van der Waals surface area contributed by atoms with E-state index in [1.54, 1.807) is 12.1 Å². The zero-order chi connectivity index (χ0) is 16.3. The molecular weight excluding hydrogens is 356 g/mol. The molecule has 7 nitrogen and oxygen atoms in total. The van der Waals surface area contributed by atoms with Gasteiger partial charge >= 0.3 is 6.03 Å². The summed E-state index contributed by atoms with van der Waals surface area (Å²) in [7, 11) is 1.51. The van der Waals surface area contributed by atoms with Crippen molar-refractivity contribution in [1.29, 1.82) is 0 Å². The van der Waals surface area contributed by atoms with E-state index in [2.05, 4.69) is 15.9 Å². The normalized spacial score (nSPS) is 14.3. The largest absolute Gasteiger partial charge is 0.492 e. The lowest BCUT2D eigenvalue weighted by Crippen LogP contribution is -2.51. The summed E-state index contributed by atoms with van der Waals surface area (Å²) in [4.78, 5) is 34.4. The maximum atomic E-state index is 11.7. The number of carbonyl (C=O) groups is 3. The Kier molecular flexibility index (Phi) is 4.81. The molecule has 1 heterocycles. The van der Waals surface area contributed by atoms with Crippen LogP contribution >= 0.6 is 15.9 Å². The van der Waals surface area contributed by atoms with E-state index in [-0.39, 0.29) is 5.57 Å². The van der Waals surface area contributed by atoms with E-state index in [1.807, 2.05) is 17.6 Å². The Morgan fingerprint density at radius 3 is 2.36 bits per heavy atom. The van der Waals surface area contributed by atoms with Crippen LogP contribution in [0.3, 0.4) is 0 Å². The lowest BCUT2D eigenvalue weighted by Gasteiger charge is -2.15. The smallest absolute Gasteiger partial charge is 0.328 e. The summed E-state index contributed by atoms with van der Waals surface area (Å²) in [5, 5.41) is 4.02. The maximum absolute atomic E-state index is 11.7. The molecule has 2 N–H and O–H groups in total. The van der Waals surface area contributed by atoms with Gasteiger partial charge in [-0.1, -0.05) is 0 Å². The summed E-state index contributed by atoms with van der Waals surface area (Å²) >= 11 is 3.34. The molecule has 0 bridgehead atoms. The highest BCUT2D eigenvalue weighted by atomic mass is 79.9. The maximum Gasteiger partial charge on any atom is 0.328 e. The van der Waals surface area contributed by atoms with Crippen LogP contribution in [-0.2, 0) is 9.59 Å². The number of halogens is 1. The summed E-state index contributed by atoms with van der Waals surface area (Å²) in [5.41, 5.74) is 0.380. The van der Waals surface area contributed by atoms with Gasteiger partial charge in [-0.05, 0) is 46.6 Å². The average Bonchev–Trinajstić information content (AvgIpc) is 2.43. The molecule has 0 aliphatic carbocycles. The molecule has 1 aliphatic rings. The molecule has 0 saturated carbocycles. The monoisotopic (exact) mass is 368 g/mol. The molecule has 1 saturated heterocycles. The fraction of sp³-hybridized carbons (Fsp3) is 0.214. The van der Waals surface area contributed by atoms with Crippen molar-refractivity contribution in [2.45, 2.75) is 6.92 Å². The van der Waals surface area contributed by atoms with Crippen molar-refractivity contribution in [3.8, 4) is 11.5 Å². The second kappa shape index (κ2) is 6.61. The molecule has 0 unspecified atom stereocenters. The molecule has 4 amide bonds. The molecule has 0 radical (unpaired) electrons. The van der Waals surface area contributed by atoms with Crippen molar-refractivity contribution in [3.05, 3.63) is 27.7 Å². The van der Waals surface area contributed by atoms with Crippen LogP contribution in [0.5, 0.6) is 11.5 Å². The third kappa shape index (κ3) is 3.28. The van der Waals surface area contributed by atoms with Gasteiger partial charge in [0.15, 0.2) is 11.5 Å². The van der Waals surface area contributed by atoms with Gasteiger partial charge in [-0.2, -0.15) is 0 Å². The van der Waals surface area contributed by atoms with Crippen molar-refractivity contribution in [1.82, 2.24) is 10.6 Å². The van der Waals surface area contributed by atoms with Crippen molar-refractivity contribution in [2.24, 2.45) is 0 Å². The van der Waals surface area contributed by atoms with Gasteiger partial charge in [0, 0.05) is 0 Å². The van der Waals surface area contributed by atoms with Gasteiger partial charge in [-0.3, -0.25) is 20.2 Å². The Hall–Kier alpha value is -2.35. The molecule has 1 aliphatic heterocycles. The van der Waals surface area contributed by atoms with E-state index < -0.39 is 17.8 Å². The number of methoxy groups -OCH3 is 1.